The van der Waals surface area contributed by atoms with Crippen molar-refractivity contribution in [1.82, 2.24) is 29.3 Å². The predicted octanol–water partition coefficient (Wildman–Crippen LogP) is 3.03. The fourth-order valence-corrected chi connectivity index (χ4v) is 3.79. The van der Waals surface area contributed by atoms with Crippen molar-refractivity contribution < 1.29 is 9.18 Å². The van der Waals surface area contributed by atoms with Gasteiger partial charge in [-0.2, -0.15) is 5.10 Å². The highest BCUT2D eigenvalue weighted by Crippen LogP contribution is 2.24. The average molecular weight is 416 g/mol. The minimum absolute atomic E-state index is 0.220. The number of carbonyl (C=O) groups is 1. The van der Waals surface area contributed by atoms with E-state index in [1.165, 1.54) is 35.1 Å². The molecule has 0 radical (unpaired) electrons. The normalized spacial score (nSPS) is 11.5. The van der Waals surface area contributed by atoms with Crippen LogP contribution in [0.3, 0.4) is 0 Å². The molecular weight excluding hydrogens is 399 g/mol. The molecule has 0 aliphatic heterocycles. The van der Waals surface area contributed by atoms with E-state index in [4.69, 9.17) is 0 Å². The Balaban J connectivity index is 1.54. The lowest BCUT2D eigenvalue weighted by Crippen LogP contribution is -2.30. The predicted molar refractivity (Wildman–Crippen MR) is 113 cm³/mol. The molecule has 0 saturated heterocycles. The molecule has 0 saturated carbocycles. The van der Waals surface area contributed by atoms with Crippen molar-refractivity contribution in [3.63, 3.8) is 0 Å². The number of aryl methyl sites for hydroxylation is 1. The molecule has 0 fully saturated rings. The van der Waals surface area contributed by atoms with E-state index in [-0.39, 0.29) is 29.3 Å². The Hall–Kier alpha value is -4.14. The molecule has 3 heterocycles. The zero-order valence-corrected chi connectivity index (χ0v) is 16.8. The number of benzene rings is 2. The van der Waals surface area contributed by atoms with Crippen molar-refractivity contribution in [2.24, 2.45) is 0 Å². The number of nitrogens with zero attached hydrogens (tertiary/aromatic N) is 6. The van der Waals surface area contributed by atoms with Crippen LogP contribution in [0.15, 0.2) is 59.5 Å². The molecule has 3 aromatic heterocycles. The van der Waals surface area contributed by atoms with Gasteiger partial charge in [0, 0.05) is 11.1 Å². The highest BCUT2D eigenvalue weighted by molar-refractivity contribution is 5.95. The van der Waals surface area contributed by atoms with Gasteiger partial charge in [-0.25, -0.2) is 13.8 Å². The summed E-state index contributed by atoms with van der Waals surface area (Å²) >= 11 is 0. The molecule has 0 spiro atoms. The summed E-state index contributed by atoms with van der Waals surface area (Å²) in [5.74, 6) is -0.668. The lowest BCUT2D eigenvalue weighted by atomic mass is 10.2. The van der Waals surface area contributed by atoms with Gasteiger partial charge in [-0.15, -0.1) is 5.10 Å². The number of halogens is 1. The Bertz CT molecular complexity index is 1530. The molecule has 0 atom stereocenters. The van der Waals surface area contributed by atoms with Crippen LogP contribution in [0.2, 0.25) is 0 Å². The van der Waals surface area contributed by atoms with E-state index in [0.717, 1.165) is 26.8 Å². The molecule has 0 amide bonds. The van der Waals surface area contributed by atoms with E-state index in [1.807, 2.05) is 38.1 Å². The highest BCUT2D eigenvalue weighted by Gasteiger charge is 2.19. The van der Waals surface area contributed by atoms with Crippen LogP contribution in [0.5, 0.6) is 0 Å². The van der Waals surface area contributed by atoms with Gasteiger partial charge in [-0.3, -0.25) is 14.2 Å². The average Bonchev–Trinajstić information content (AvgIpc) is 3.31. The van der Waals surface area contributed by atoms with Gasteiger partial charge < -0.3 is 0 Å². The molecule has 0 unspecified atom stereocenters. The topological polar surface area (TPSA) is 87.6 Å². The molecule has 9 heteroatoms. The SMILES string of the molecule is Cc1c(C)n(C(=O)Cn2nnc3c(cnn3-c3ccc(F)cc3)c2=O)c2ccccc12. The lowest BCUT2D eigenvalue weighted by Gasteiger charge is -2.08. The number of aromatic nitrogens is 6. The molecule has 5 rings (SSSR count). The van der Waals surface area contributed by atoms with Gasteiger partial charge in [0.25, 0.3) is 11.5 Å². The van der Waals surface area contributed by atoms with Crippen LogP contribution < -0.4 is 5.56 Å². The summed E-state index contributed by atoms with van der Waals surface area (Å²) in [6, 6.07) is 13.3. The van der Waals surface area contributed by atoms with Gasteiger partial charge in [-0.1, -0.05) is 23.4 Å². The molecular formula is C22H17FN6O2. The second-order valence-electron chi connectivity index (χ2n) is 7.28. The Morgan fingerprint density at radius 3 is 2.55 bits per heavy atom. The summed E-state index contributed by atoms with van der Waals surface area (Å²) in [4.78, 5) is 26.0. The summed E-state index contributed by atoms with van der Waals surface area (Å²) in [6.07, 6.45) is 1.37. The number of hydrogen-bond donors (Lipinski definition) is 0. The largest absolute Gasteiger partial charge is 0.283 e. The number of para-hydroxylation sites is 1. The molecule has 2 aromatic carbocycles. The zero-order chi connectivity index (χ0) is 21.7. The van der Waals surface area contributed by atoms with Crippen LogP contribution in [0.4, 0.5) is 4.39 Å². The van der Waals surface area contributed by atoms with E-state index >= 15 is 0 Å². The second kappa shape index (κ2) is 6.98. The van der Waals surface area contributed by atoms with Crippen LogP contribution >= 0.6 is 0 Å². The number of rotatable bonds is 3. The molecule has 8 nitrogen and oxygen atoms in total. The van der Waals surface area contributed by atoms with Gasteiger partial charge in [-0.05, 0) is 49.7 Å². The fourth-order valence-electron chi connectivity index (χ4n) is 3.79. The van der Waals surface area contributed by atoms with Gasteiger partial charge in [0.2, 0.25) is 0 Å². The monoisotopic (exact) mass is 416 g/mol. The Labute approximate surface area is 175 Å². The van der Waals surface area contributed by atoms with E-state index in [1.54, 1.807) is 4.57 Å². The van der Waals surface area contributed by atoms with Crippen LogP contribution in [0.1, 0.15) is 16.1 Å². The Kier molecular flexibility index (Phi) is 4.25. The van der Waals surface area contributed by atoms with E-state index in [2.05, 4.69) is 15.4 Å². The maximum Gasteiger partial charge on any atom is 0.281 e. The molecule has 0 aliphatic carbocycles. The molecule has 0 bridgehead atoms. The van der Waals surface area contributed by atoms with Crippen molar-refractivity contribution in [2.45, 2.75) is 20.4 Å². The molecule has 0 aliphatic rings. The minimum atomic E-state index is -0.474. The highest BCUT2D eigenvalue weighted by atomic mass is 19.1. The standard InChI is InChI=1S/C22H17FN6O2/c1-13-14(2)28(19-6-4-3-5-17(13)19)20(30)12-27-22(31)18-11-24-29(21(18)25-26-27)16-9-7-15(23)8-10-16/h3-11H,12H2,1-2H3. The van der Waals surface area contributed by atoms with Gasteiger partial charge in [0.1, 0.15) is 17.7 Å². The smallest absolute Gasteiger partial charge is 0.281 e. The van der Waals surface area contributed by atoms with Crippen molar-refractivity contribution in [3.8, 4) is 5.69 Å². The maximum atomic E-state index is 13.2. The summed E-state index contributed by atoms with van der Waals surface area (Å²) < 4.78 is 17.2. The van der Waals surface area contributed by atoms with Gasteiger partial charge >= 0.3 is 0 Å². The first kappa shape index (κ1) is 18.9. The van der Waals surface area contributed by atoms with Crippen molar-refractivity contribution >= 4 is 27.8 Å². The van der Waals surface area contributed by atoms with E-state index in [0.29, 0.717) is 5.69 Å². The number of carbonyl (C=O) groups excluding carboxylic acids is 1. The van der Waals surface area contributed by atoms with Crippen LogP contribution in [0, 0.1) is 19.7 Å². The van der Waals surface area contributed by atoms with Gasteiger partial charge in [0.15, 0.2) is 5.65 Å². The molecule has 0 N–H and O–H groups in total. The third kappa shape index (κ3) is 2.93. The minimum Gasteiger partial charge on any atom is -0.283 e. The molecule has 154 valence electrons. The lowest BCUT2D eigenvalue weighted by molar-refractivity contribution is 0.0886. The van der Waals surface area contributed by atoms with Crippen LogP contribution in [0.25, 0.3) is 27.6 Å². The summed E-state index contributed by atoms with van der Waals surface area (Å²) in [5.41, 5.74) is 2.92. The Morgan fingerprint density at radius 2 is 1.77 bits per heavy atom. The van der Waals surface area contributed by atoms with Crippen molar-refractivity contribution in [2.75, 3.05) is 0 Å². The first-order valence-corrected chi connectivity index (χ1v) is 9.63. The summed E-state index contributed by atoms with van der Waals surface area (Å²) in [6.45, 7) is 3.57. The van der Waals surface area contributed by atoms with E-state index < -0.39 is 5.56 Å². The van der Waals surface area contributed by atoms with Crippen molar-refractivity contribution in [3.05, 3.63) is 82.2 Å². The Morgan fingerprint density at radius 1 is 1.03 bits per heavy atom. The third-order valence-electron chi connectivity index (χ3n) is 5.49. The molecule has 31 heavy (non-hydrogen) atoms. The quantitative estimate of drug-likeness (QED) is 0.451. The third-order valence-corrected chi connectivity index (χ3v) is 5.49. The van der Waals surface area contributed by atoms with Crippen LogP contribution in [-0.4, -0.2) is 35.2 Å². The van der Waals surface area contributed by atoms with E-state index in [9.17, 15) is 14.0 Å². The zero-order valence-electron chi connectivity index (χ0n) is 16.8. The van der Waals surface area contributed by atoms with Crippen molar-refractivity contribution in [1.29, 1.82) is 0 Å². The summed E-state index contributed by atoms with van der Waals surface area (Å²) in [5, 5.41) is 13.4. The molecule has 5 aromatic rings. The first-order chi connectivity index (χ1) is 15.0. The first-order valence-electron chi connectivity index (χ1n) is 9.63. The number of fused-ring (bicyclic) bond motifs is 2. The maximum absolute atomic E-state index is 13.2. The van der Waals surface area contributed by atoms with Crippen LogP contribution in [-0.2, 0) is 6.54 Å². The number of hydrogen-bond acceptors (Lipinski definition) is 5. The van der Waals surface area contributed by atoms with Gasteiger partial charge in [0.05, 0.1) is 17.4 Å². The fraction of sp³-hybridized carbons (Fsp3) is 0.136. The second-order valence-corrected chi connectivity index (χ2v) is 7.28. The summed E-state index contributed by atoms with van der Waals surface area (Å²) in [7, 11) is 0.